The Bertz CT molecular complexity index is 515. The molecule has 1 atom stereocenters. The molecule has 96 valence electrons. The lowest BCUT2D eigenvalue weighted by atomic mass is 10.1. The number of halogens is 1. The van der Waals surface area contributed by atoms with Crippen LogP contribution in [0, 0.1) is 5.82 Å². The molecular formula is C13H15FN2OS. The van der Waals surface area contributed by atoms with Crippen molar-refractivity contribution in [2.45, 2.75) is 13.0 Å². The Morgan fingerprint density at radius 2 is 2.33 bits per heavy atom. The van der Waals surface area contributed by atoms with Crippen LogP contribution in [0.25, 0.3) is 0 Å². The molecule has 0 radical (unpaired) electrons. The van der Waals surface area contributed by atoms with Gasteiger partial charge in [0.25, 0.3) is 0 Å². The number of thiophene rings is 1. The van der Waals surface area contributed by atoms with Crippen molar-refractivity contribution in [1.29, 1.82) is 0 Å². The van der Waals surface area contributed by atoms with Gasteiger partial charge in [0.15, 0.2) is 0 Å². The number of nitrogens with one attached hydrogen (secondary N) is 1. The quantitative estimate of drug-likeness (QED) is 0.903. The summed E-state index contributed by atoms with van der Waals surface area (Å²) in [4.78, 5) is 4.76. The van der Waals surface area contributed by atoms with Gasteiger partial charge in [-0.2, -0.15) is 0 Å². The molecule has 0 saturated heterocycles. The topological polar surface area (TPSA) is 34.2 Å². The number of ether oxygens (including phenoxy) is 1. The van der Waals surface area contributed by atoms with E-state index in [1.807, 2.05) is 18.4 Å². The van der Waals surface area contributed by atoms with E-state index < -0.39 is 0 Å². The fourth-order valence-electron chi connectivity index (χ4n) is 1.86. The second-order valence-corrected chi connectivity index (χ2v) is 4.69. The van der Waals surface area contributed by atoms with Crippen LogP contribution >= 0.6 is 11.3 Å². The molecule has 5 heteroatoms. The fourth-order valence-corrected chi connectivity index (χ4v) is 2.81. The van der Waals surface area contributed by atoms with E-state index >= 15 is 0 Å². The summed E-state index contributed by atoms with van der Waals surface area (Å²) in [6.07, 6.45) is 2.84. The van der Waals surface area contributed by atoms with Crippen molar-refractivity contribution in [3.63, 3.8) is 0 Å². The summed E-state index contributed by atoms with van der Waals surface area (Å²) in [6, 6.07) is 3.39. The largest absolute Gasteiger partial charge is 0.496 e. The van der Waals surface area contributed by atoms with Crippen LogP contribution in [0.5, 0.6) is 5.75 Å². The molecular weight excluding hydrogens is 251 g/mol. The Morgan fingerprint density at radius 1 is 1.50 bits per heavy atom. The van der Waals surface area contributed by atoms with Gasteiger partial charge in [-0.05, 0) is 24.1 Å². The van der Waals surface area contributed by atoms with Crippen molar-refractivity contribution >= 4 is 11.3 Å². The second kappa shape index (κ2) is 5.93. The molecule has 1 unspecified atom stereocenters. The summed E-state index contributed by atoms with van der Waals surface area (Å²) in [5.74, 6) is 0.473. The minimum absolute atomic E-state index is 0.201. The van der Waals surface area contributed by atoms with Gasteiger partial charge < -0.3 is 10.1 Å². The van der Waals surface area contributed by atoms with Crippen LogP contribution < -0.4 is 10.1 Å². The monoisotopic (exact) mass is 266 g/mol. The first-order valence-electron chi connectivity index (χ1n) is 5.72. The minimum atomic E-state index is -0.307. The summed E-state index contributed by atoms with van der Waals surface area (Å²) in [5.41, 5.74) is 0.590. The molecule has 18 heavy (non-hydrogen) atoms. The van der Waals surface area contributed by atoms with Gasteiger partial charge in [-0.15, -0.1) is 11.3 Å². The molecule has 0 aromatic carbocycles. The Hall–Kier alpha value is -1.46. The van der Waals surface area contributed by atoms with Gasteiger partial charge in [0.1, 0.15) is 11.6 Å². The van der Waals surface area contributed by atoms with E-state index in [2.05, 4.69) is 10.3 Å². The maximum absolute atomic E-state index is 13.9. The third-order valence-electron chi connectivity index (χ3n) is 2.66. The van der Waals surface area contributed by atoms with Gasteiger partial charge in [-0.25, -0.2) is 4.39 Å². The van der Waals surface area contributed by atoms with Gasteiger partial charge >= 0.3 is 0 Å². The molecule has 0 spiro atoms. The molecule has 0 bridgehead atoms. The number of rotatable bonds is 5. The molecule has 0 saturated carbocycles. The van der Waals surface area contributed by atoms with E-state index in [1.54, 1.807) is 30.7 Å². The molecule has 1 N–H and O–H groups in total. The zero-order valence-electron chi connectivity index (χ0n) is 10.3. The third-order valence-corrected chi connectivity index (χ3v) is 3.63. The average Bonchev–Trinajstić information content (AvgIpc) is 2.85. The normalized spacial score (nSPS) is 12.4. The SMILES string of the molecule is CCNC(c1ccncc1F)c1sccc1OC. The first kappa shape index (κ1) is 13.0. The van der Waals surface area contributed by atoms with Gasteiger partial charge in [-0.1, -0.05) is 6.92 Å². The molecule has 2 heterocycles. The molecule has 0 aliphatic heterocycles. The first-order chi connectivity index (χ1) is 8.77. The summed E-state index contributed by atoms with van der Waals surface area (Å²) in [6.45, 7) is 2.74. The Morgan fingerprint density at radius 3 is 3.00 bits per heavy atom. The Kier molecular flexibility index (Phi) is 4.28. The van der Waals surface area contributed by atoms with E-state index in [0.717, 1.165) is 17.2 Å². The lowest BCUT2D eigenvalue weighted by Gasteiger charge is -2.18. The minimum Gasteiger partial charge on any atom is -0.496 e. The van der Waals surface area contributed by atoms with Crippen molar-refractivity contribution < 1.29 is 9.13 Å². The smallest absolute Gasteiger partial charge is 0.146 e. The number of methoxy groups -OCH3 is 1. The maximum Gasteiger partial charge on any atom is 0.146 e. The Balaban J connectivity index is 2.43. The highest BCUT2D eigenvalue weighted by Crippen LogP contribution is 2.35. The summed E-state index contributed by atoms with van der Waals surface area (Å²) >= 11 is 1.55. The van der Waals surface area contributed by atoms with Crippen LogP contribution in [0.4, 0.5) is 4.39 Å². The van der Waals surface area contributed by atoms with E-state index in [1.165, 1.54) is 6.20 Å². The van der Waals surface area contributed by atoms with Gasteiger partial charge in [0.05, 0.1) is 24.2 Å². The van der Waals surface area contributed by atoms with E-state index in [4.69, 9.17) is 4.74 Å². The second-order valence-electron chi connectivity index (χ2n) is 3.74. The van der Waals surface area contributed by atoms with E-state index in [9.17, 15) is 4.39 Å². The van der Waals surface area contributed by atoms with Crippen LogP contribution in [-0.2, 0) is 0 Å². The molecule has 0 fully saturated rings. The highest BCUT2D eigenvalue weighted by atomic mass is 32.1. The van der Waals surface area contributed by atoms with Crippen LogP contribution in [0.2, 0.25) is 0 Å². The lowest BCUT2D eigenvalue weighted by molar-refractivity contribution is 0.407. The zero-order chi connectivity index (χ0) is 13.0. The molecule has 0 aliphatic carbocycles. The average molecular weight is 266 g/mol. The number of nitrogens with zero attached hydrogens (tertiary/aromatic N) is 1. The summed E-state index contributed by atoms with van der Waals surface area (Å²) < 4.78 is 19.2. The number of pyridine rings is 1. The summed E-state index contributed by atoms with van der Waals surface area (Å²) in [7, 11) is 1.62. The number of hydrogen-bond donors (Lipinski definition) is 1. The highest BCUT2D eigenvalue weighted by Gasteiger charge is 2.21. The maximum atomic E-state index is 13.9. The third kappa shape index (κ3) is 2.52. The van der Waals surface area contributed by atoms with Crippen LogP contribution in [0.15, 0.2) is 29.9 Å². The summed E-state index contributed by atoms with van der Waals surface area (Å²) in [5, 5.41) is 5.22. The number of aromatic nitrogens is 1. The number of hydrogen-bond acceptors (Lipinski definition) is 4. The molecule has 2 rings (SSSR count). The van der Waals surface area contributed by atoms with Gasteiger partial charge in [-0.3, -0.25) is 4.98 Å². The van der Waals surface area contributed by atoms with Crippen molar-refractivity contribution in [2.24, 2.45) is 0 Å². The molecule has 0 aliphatic rings. The van der Waals surface area contributed by atoms with Gasteiger partial charge in [0, 0.05) is 11.8 Å². The first-order valence-corrected chi connectivity index (χ1v) is 6.60. The van der Waals surface area contributed by atoms with Crippen LogP contribution in [0.3, 0.4) is 0 Å². The van der Waals surface area contributed by atoms with Crippen molar-refractivity contribution in [1.82, 2.24) is 10.3 Å². The fraction of sp³-hybridized carbons (Fsp3) is 0.308. The predicted octanol–water partition coefficient (Wildman–Crippen LogP) is 2.99. The molecule has 2 aromatic heterocycles. The molecule has 0 amide bonds. The Labute approximate surface area is 110 Å². The van der Waals surface area contributed by atoms with E-state index in [0.29, 0.717) is 5.56 Å². The van der Waals surface area contributed by atoms with Crippen molar-refractivity contribution in [3.05, 3.63) is 46.2 Å². The highest BCUT2D eigenvalue weighted by molar-refractivity contribution is 7.10. The van der Waals surface area contributed by atoms with Gasteiger partial charge in [0.2, 0.25) is 0 Å². The van der Waals surface area contributed by atoms with Crippen LogP contribution in [0.1, 0.15) is 23.4 Å². The standard InChI is InChI=1S/C13H15FN2OS/c1-3-16-12(9-4-6-15-8-10(9)14)13-11(17-2)5-7-18-13/h4-8,12,16H,3H2,1-2H3. The van der Waals surface area contributed by atoms with E-state index in [-0.39, 0.29) is 11.9 Å². The van der Waals surface area contributed by atoms with Crippen LogP contribution in [-0.4, -0.2) is 18.6 Å². The van der Waals surface area contributed by atoms with Crippen molar-refractivity contribution in [3.8, 4) is 5.75 Å². The van der Waals surface area contributed by atoms with Crippen molar-refractivity contribution in [2.75, 3.05) is 13.7 Å². The molecule has 3 nitrogen and oxygen atoms in total. The lowest BCUT2D eigenvalue weighted by Crippen LogP contribution is -2.22. The zero-order valence-corrected chi connectivity index (χ0v) is 11.1. The molecule has 2 aromatic rings. The predicted molar refractivity (Wildman–Crippen MR) is 70.6 cm³/mol.